The first-order valence-electron chi connectivity index (χ1n) is 6.85. The Morgan fingerprint density at radius 2 is 2.06 bits per heavy atom. The summed E-state index contributed by atoms with van der Waals surface area (Å²) >= 11 is 0. The lowest BCUT2D eigenvalue weighted by Crippen LogP contribution is -2.24. The lowest BCUT2D eigenvalue weighted by Gasteiger charge is -2.12. The summed E-state index contributed by atoms with van der Waals surface area (Å²) in [6.45, 7) is 4.88. The van der Waals surface area contributed by atoms with E-state index in [-0.39, 0.29) is 0 Å². The SMILES string of the molecule is C(CNCC1CCCC1)COC1CCOC1. The van der Waals surface area contributed by atoms with E-state index in [4.69, 9.17) is 9.47 Å². The van der Waals surface area contributed by atoms with Crippen molar-refractivity contribution in [1.29, 1.82) is 0 Å². The highest BCUT2D eigenvalue weighted by atomic mass is 16.5. The van der Waals surface area contributed by atoms with Gasteiger partial charge in [-0.1, -0.05) is 12.8 Å². The van der Waals surface area contributed by atoms with Gasteiger partial charge in [-0.05, 0) is 44.7 Å². The summed E-state index contributed by atoms with van der Waals surface area (Å²) in [5.41, 5.74) is 0. The molecular weight excluding hydrogens is 202 g/mol. The second kappa shape index (κ2) is 7.25. The molecule has 16 heavy (non-hydrogen) atoms. The fraction of sp³-hybridized carbons (Fsp3) is 1.00. The summed E-state index contributed by atoms with van der Waals surface area (Å²) in [4.78, 5) is 0. The van der Waals surface area contributed by atoms with Crippen LogP contribution in [0.1, 0.15) is 38.5 Å². The van der Waals surface area contributed by atoms with Crippen molar-refractivity contribution < 1.29 is 9.47 Å². The van der Waals surface area contributed by atoms with Crippen LogP contribution in [-0.4, -0.2) is 39.0 Å². The van der Waals surface area contributed by atoms with Crippen molar-refractivity contribution in [1.82, 2.24) is 5.32 Å². The van der Waals surface area contributed by atoms with E-state index in [2.05, 4.69) is 5.32 Å². The molecule has 1 atom stereocenters. The summed E-state index contributed by atoms with van der Waals surface area (Å²) < 4.78 is 11.0. The number of rotatable bonds is 7. The summed E-state index contributed by atoms with van der Waals surface area (Å²) in [6, 6.07) is 0. The highest BCUT2D eigenvalue weighted by Gasteiger charge is 2.15. The van der Waals surface area contributed by atoms with Crippen LogP contribution in [0.5, 0.6) is 0 Å². The summed E-state index contributed by atoms with van der Waals surface area (Å²) in [5.74, 6) is 0.948. The van der Waals surface area contributed by atoms with Crippen molar-refractivity contribution in [2.24, 2.45) is 5.92 Å². The van der Waals surface area contributed by atoms with Crippen LogP contribution in [0.2, 0.25) is 0 Å². The van der Waals surface area contributed by atoms with Gasteiger partial charge in [0.05, 0.1) is 12.7 Å². The van der Waals surface area contributed by atoms with Crippen molar-refractivity contribution in [2.75, 3.05) is 32.9 Å². The maximum absolute atomic E-state index is 5.71. The van der Waals surface area contributed by atoms with E-state index in [0.29, 0.717) is 6.10 Å². The third-order valence-electron chi connectivity index (χ3n) is 3.65. The molecule has 1 N–H and O–H groups in total. The van der Waals surface area contributed by atoms with E-state index < -0.39 is 0 Å². The van der Waals surface area contributed by atoms with Crippen molar-refractivity contribution in [2.45, 2.75) is 44.6 Å². The normalized spacial score (nSPS) is 26.6. The smallest absolute Gasteiger partial charge is 0.0830 e. The van der Waals surface area contributed by atoms with Gasteiger partial charge in [0.1, 0.15) is 0 Å². The van der Waals surface area contributed by atoms with Crippen molar-refractivity contribution in [3.05, 3.63) is 0 Å². The molecule has 1 saturated heterocycles. The van der Waals surface area contributed by atoms with Gasteiger partial charge in [0.25, 0.3) is 0 Å². The predicted molar refractivity (Wildman–Crippen MR) is 64.6 cm³/mol. The standard InChI is InChI=1S/C13H25NO2/c1-2-5-12(4-1)10-14-7-3-8-16-13-6-9-15-11-13/h12-14H,1-11H2. The molecule has 2 fully saturated rings. The van der Waals surface area contributed by atoms with Gasteiger partial charge in [-0.3, -0.25) is 0 Å². The number of hydrogen-bond acceptors (Lipinski definition) is 3. The molecular formula is C13H25NO2. The van der Waals surface area contributed by atoms with Crippen LogP contribution in [0, 0.1) is 5.92 Å². The summed E-state index contributed by atoms with van der Waals surface area (Å²) in [7, 11) is 0. The molecule has 2 rings (SSSR count). The Hall–Kier alpha value is -0.120. The Balaban J connectivity index is 1.37. The highest BCUT2D eigenvalue weighted by molar-refractivity contribution is 4.69. The fourth-order valence-electron chi connectivity index (χ4n) is 2.61. The van der Waals surface area contributed by atoms with Gasteiger partial charge in [0.2, 0.25) is 0 Å². The molecule has 1 unspecified atom stereocenters. The van der Waals surface area contributed by atoms with Crippen LogP contribution in [0.3, 0.4) is 0 Å². The monoisotopic (exact) mass is 227 g/mol. The zero-order valence-electron chi connectivity index (χ0n) is 10.2. The largest absolute Gasteiger partial charge is 0.379 e. The Bertz CT molecular complexity index is 155. The minimum absolute atomic E-state index is 0.370. The highest BCUT2D eigenvalue weighted by Crippen LogP contribution is 2.23. The van der Waals surface area contributed by atoms with Crippen molar-refractivity contribution in [3.8, 4) is 0 Å². The average molecular weight is 227 g/mol. The Labute approximate surface area is 98.9 Å². The Morgan fingerprint density at radius 1 is 1.19 bits per heavy atom. The van der Waals surface area contributed by atoms with Gasteiger partial charge in [-0.2, -0.15) is 0 Å². The van der Waals surface area contributed by atoms with Crippen LogP contribution in [-0.2, 0) is 9.47 Å². The van der Waals surface area contributed by atoms with E-state index in [9.17, 15) is 0 Å². The zero-order valence-corrected chi connectivity index (χ0v) is 10.2. The molecule has 1 saturated carbocycles. The molecule has 1 aliphatic heterocycles. The molecule has 0 amide bonds. The summed E-state index contributed by atoms with van der Waals surface area (Å²) in [6.07, 6.45) is 8.33. The van der Waals surface area contributed by atoms with Crippen LogP contribution in [0.25, 0.3) is 0 Å². The van der Waals surface area contributed by atoms with Gasteiger partial charge < -0.3 is 14.8 Å². The Kier molecular flexibility index (Phi) is 5.59. The minimum atomic E-state index is 0.370. The van der Waals surface area contributed by atoms with Crippen LogP contribution in [0.4, 0.5) is 0 Å². The first-order valence-corrected chi connectivity index (χ1v) is 6.85. The molecule has 3 nitrogen and oxygen atoms in total. The zero-order chi connectivity index (χ0) is 11.1. The lowest BCUT2D eigenvalue weighted by molar-refractivity contribution is 0.0415. The van der Waals surface area contributed by atoms with Gasteiger partial charge in [0, 0.05) is 13.2 Å². The Morgan fingerprint density at radius 3 is 2.81 bits per heavy atom. The second-order valence-electron chi connectivity index (χ2n) is 5.06. The molecule has 0 aromatic heterocycles. The van der Waals surface area contributed by atoms with Gasteiger partial charge in [-0.25, -0.2) is 0 Å². The molecule has 1 heterocycles. The third kappa shape index (κ3) is 4.40. The maximum atomic E-state index is 5.71. The number of nitrogens with one attached hydrogen (secondary N) is 1. The predicted octanol–water partition coefficient (Wildman–Crippen LogP) is 1.96. The maximum Gasteiger partial charge on any atom is 0.0830 e. The lowest BCUT2D eigenvalue weighted by atomic mass is 10.1. The molecule has 94 valence electrons. The van der Waals surface area contributed by atoms with Crippen molar-refractivity contribution >= 4 is 0 Å². The van der Waals surface area contributed by atoms with Crippen molar-refractivity contribution in [3.63, 3.8) is 0 Å². The van der Waals surface area contributed by atoms with E-state index in [1.807, 2.05) is 0 Å². The quantitative estimate of drug-likeness (QED) is 0.674. The van der Waals surface area contributed by atoms with Gasteiger partial charge >= 0.3 is 0 Å². The molecule has 0 bridgehead atoms. The summed E-state index contributed by atoms with van der Waals surface area (Å²) in [5, 5.41) is 3.54. The minimum Gasteiger partial charge on any atom is -0.379 e. The van der Waals surface area contributed by atoms with Crippen LogP contribution < -0.4 is 5.32 Å². The fourth-order valence-corrected chi connectivity index (χ4v) is 2.61. The first-order chi connectivity index (χ1) is 7.95. The molecule has 0 aromatic carbocycles. The number of hydrogen-bond donors (Lipinski definition) is 1. The molecule has 2 aliphatic rings. The van der Waals surface area contributed by atoms with Gasteiger partial charge in [-0.15, -0.1) is 0 Å². The molecule has 0 aromatic rings. The molecule has 0 radical (unpaired) electrons. The van der Waals surface area contributed by atoms with E-state index in [0.717, 1.165) is 45.1 Å². The van der Waals surface area contributed by atoms with E-state index in [1.165, 1.54) is 32.2 Å². The first kappa shape index (κ1) is 12.3. The molecule has 3 heteroatoms. The van der Waals surface area contributed by atoms with E-state index in [1.54, 1.807) is 0 Å². The van der Waals surface area contributed by atoms with Crippen LogP contribution >= 0.6 is 0 Å². The van der Waals surface area contributed by atoms with Crippen LogP contribution in [0.15, 0.2) is 0 Å². The molecule has 1 aliphatic carbocycles. The average Bonchev–Trinajstić information content (AvgIpc) is 2.96. The van der Waals surface area contributed by atoms with E-state index >= 15 is 0 Å². The third-order valence-corrected chi connectivity index (χ3v) is 3.65. The topological polar surface area (TPSA) is 30.5 Å². The van der Waals surface area contributed by atoms with Gasteiger partial charge in [0.15, 0.2) is 0 Å². The molecule has 0 spiro atoms. The number of ether oxygens (including phenoxy) is 2. The second-order valence-corrected chi connectivity index (χ2v) is 5.06.